The van der Waals surface area contributed by atoms with Crippen LogP contribution in [0.1, 0.15) is 12.0 Å². The van der Waals surface area contributed by atoms with Gasteiger partial charge in [-0.25, -0.2) is 0 Å². The number of carbonyl (C=O) groups excluding carboxylic acids is 1. The summed E-state index contributed by atoms with van der Waals surface area (Å²) in [5, 5.41) is 0. The van der Waals surface area contributed by atoms with Crippen molar-refractivity contribution < 1.29 is 14.3 Å². The molecular formula is C16H13NO3. The molecule has 0 fully saturated rings. The van der Waals surface area contributed by atoms with E-state index < -0.39 is 6.29 Å². The standard InChI is InChI=1S/C16H13NO3/c18-14-11-15(19-13-9-5-2-6-10-13)20-16(17-14)12-7-3-1-4-8-12/h1-10,15H,11H2. The van der Waals surface area contributed by atoms with E-state index in [4.69, 9.17) is 9.47 Å². The number of para-hydroxylation sites is 1. The molecule has 4 heteroatoms. The van der Waals surface area contributed by atoms with E-state index in [0.717, 1.165) is 5.56 Å². The normalized spacial score (nSPS) is 18.1. The lowest BCUT2D eigenvalue weighted by Crippen LogP contribution is -2.32. The van der Waals surface area contributed by atoms with E-state index in [1.165, 1.54) is 0 Å². The first-order valence-corrected chi connectivity index (χ1v) is 6.36. The van der Waals surface area contributed by atoms with Gasteiger partial charge in [-0.1, -0.05) is 36.4 Å². The lowest BCUT2D eigenvalue weighted by Gasteiger charge is -2.23. The molecule has 0 aromatic heterocycles. The summed E-state index contributed by atoms with van der Waals surface area (Å²) in [6, 6.07) is 18.6. The summed E-state index contributed by atoms with van der Waals surface area (Å²) >= 11 is 0. The van der Waals surface area contributed by atoms with E-state index >= 15 is 0 Å². The average molecular weight is 267 g/mol. The second kappa shape index (κ2) is 5.57. The Morgan fingerprint density at radius 3 is 2.35 bits per heavy atom. The highest BCUT2D eigenvalue weighted by molar-refractivity contribution is 6.03. The van der Waals surface area contributed by atoms with E-state index in [0.29, 0.717) is 11.6 Å². The van der Waals surface area contributed by atoms with Gasteiger partial charge in [-0.3, -0.25) is 4.79 Å². The van der Waals surface area contributed by atoms with E-state index in [9.17, 15) is 4.79 Å². The second-order valence-electron chi connectivity index (χ2n) is 4.36. The van der Waals surface area contributed by atoms with Crippen LogP contribution in [0.25, 0.3) is 0 Å². The molecule has 2 aromatic rings. The molecule has 1 unspecified atom stereocenters. The van der Waals surface area contributed by atoms with Gasteiger partial charge in [0, 0.05) is 5.56 Å². The topological polar surface area (TPSA) is 47.9 Å². The van der Waals surface area contributed by atoms with Crippen LogP contribution in [0.3, 0.4) is 0 Å². The number of rotatable bonds is 3. The van der Waals surface area contributed by atoms with Gasteiger partial charge in [0.25, 0.3) is 12.2 Å². The fourth-order valence-corrected chi connectivity index (χ4v) is 1.92. The maximum atomic E-state index is 11.7. The molecule has 1 atom stereocenters. The van der Waals surface area contributed by atoms with E-state index in [1.54, 1.807) is 0 Å². The summed E-state index contributed by atoms with van der Waals surface area (Å²) in [6.07, 6.45) is -0.525. The van der Waals surface area contributed by atoms with Crippen LogP contribution in [0.2, 0.25) is 0 Å². The SMILES string of the molecule is O=C1CC(Oc2ccccc2)OC(c2ccccc2)=N1. The van der Waals surface area contributed by atoms with E-state index in [-0.39, 0.29) is 12.3 Å². The van der Waals surface area contributed by atoms with Crippen molar-refractivity contribution in [2.75, 3.05) is 0 Å². The lowest BCUT2D eigenvalue weighted by atomic mass is 10.2. The Hall–Kier alpha value is -2.62. The quantitative estimate of drug-likeness (QED) is 0.859. The summed E-state index contributed by atoms with van der Waals surface area (Å²) in [5.41, 5.74) is 0.766. The zero-order valence-corrected chi connectivity index (χ0v) is 10.7. The average Bonchev–Trinajstić information content (AvgIpc) is 2.49. The molecule has 1 amide bonds. The molecule has 100 valence electrons. The Labute approximate surface area is 116 Å². The number of amides is 1. The molecule has 0 saturated carbocycles. The van der Waals surface area contributed by atoms with E-state index in [2.05, 4.69) is 4.99 Å². The first-order valence-electron chi connectivity index (χ1n) is 6.36. The number of hydrogen-bond acceptors (Lipinski definition) is 3. The molecule has 3 rings (SSSR count). The number of carbonyl (C=O) groups is 1. The molecule has 1 heterocycles. The molecule has 0 spiro atoms. The third kappa shape index (κ3) is 2.85. The molecule has 0 bridgehead atoms. The van der Waals surface area contributed by atoms with Gasteiger partial charge in [-0.05, 0) is 24.3 Å². The Morgan fingerprint density at radius 2 is 1.65 bits per heavy atom. The van der Waals surface area contributed by atoms with Crippen molar-refractivity contribution in [3.05, 3.63) is 66.2 Å². The second-order valence-corrected chi connectivity index (χ2v) is 4.36. The summed E-state index contributed by atoms with van der Waals surface area (Å²) < 4.78 is 11.3. The molecule has 20 heavy (non-hydrogen) atoms. The van der Waals surface area contributed by atoms with Gasteiger partial charge in [-0.15, -0.1) is 0 Å². The molecule has 0 aliphatic carbocycles. The number of benzene rings is 2. The summed E-state index contributed by atoms with van der Waals surface area (Å²) in [7, 11) is 0. The Bertz CT molecular complexity index is 623. The summed E-state index contributed by atoms with van der Waals surface area (Å²) in [6.45, 7) is 0. The minimum Gasteiger partial charge on any atom is -0.454 e. The first-order chi connectivity index (χ1) is 9.81. The third-order valence-corrected chi connectivity index (χ3v) is 2.84. The van der Waals surface area contributed by atoms with Crippen LogP contribution in [0.5, 0.6) is 5.75 Å². The van der Waals surface area contributed by atoms with Crippen molar-refractivity contribution in [2.24, 2.45) is 4.99 Å². The molecule has 0 radical (unpaired) electrons. The van der Waals surface area contributed by atoms with Crippen LogP contribution in [-0.2, 0) is 9.53 Å². The third-order valence-electron chi connectivity index (χ3n) is 2.84. The van der Waals surface area contributed by atoms with Crippen molar-refractivity contribution in [1.29, 1.82) is 0 Å². The molecule has 0 N–H and O–H groups in total. The van der Waals surface area contributed by atoms with Crippen molar-refractivity contribution >= 4 is 11.8 Å². The number of aliphatic imine (C=N–C) groups is 1. The van der Waals surface area contributed by atoms with Crippen molar-refractivity contribution in [3.63, 3.8) is 0 Å². The maximum absolute atomic E-state index is 11.7. The highest BCUT2D eigenvalue weighted by Crippen LogP contribution is 2.18. The maximum Gasteiger partial charge on any atom is 0.256 e. The zero-order valence-electron chi connectivity index (χ0n) is 10.7. The fraction of sp³-hybridized carbons (Fsp3) is 0.125. The monoisotopic (exact) mass is 267 g/mol. The molecular weight excluding hydrogens is 254 g/mol. The number of hydrogen-bond donors (Lipinski definition) is 0. The zero-order chi connectivity index (χ0) is 13.8. The summed E-state index contributed by atoms with van der Waals surface area (Å²) in [4.78, 5) is 15.6. The predicted octanol–water partition coefficient (Wildman–Crippen LogP) is 2.79. The van der Waals surface area contributed by atoms with Crippen LogP contribution < -0.4 is 4.74 Å². The first kappa shape index (κ1) is 12.4. The van der Waals surface area contributed by atoms with Gasteiger partial charge >= 0.3 is 0 Å². The fourth-order valence-electron chi connectivity index (χ4n) is 1.92. The van der Waals surface area contributed by atoms with Gasteiger partial charge in [0.2, 0.25) is 5.90 Å². The predicted molar refractivity (Wildman–Crippen MR) is 74.5 cm³/mol. The largest absolute Gasteiger partial charge is 0.454 e. The minimum absolute atomic E-state index is 0.116. The lowest BCUT2D eigenvalue weighted by molar-refractivity contribution is -0.126. The molecule has 0 saturated heterocycles. The van der Waals surface area contributed by atoms with Gasteiger partial charge < -0.3 is 9.47 Å². The van der Waals surface area contributed by atoms with Crippen LogP contribution in [0, 0.1) is 0 Å². The van der Waals surface area contributed by atoms with Crippen molar-refractivity contribution in [1.82, 2.24) is 0 Å². The highest BCUT2D eigenvalue weighted by atomic mass is 16.7. The Balaban J connectivity index is 1.77. The van der Waals surface area contributed by atoms with Gasteiger partial charge in [0.05, 0.1) is 0 Å². The minimum atomic E-state index is -0.641. The van der Waals surface area contributed by atoms with Crippen LogP contribution in [0.15, 0.2) is 65.7 Å². The number of nitrogens with zero attached hydrogens (tertiary/aromatic N) is 1. The van der Waals surface area contributed by atoms with Gasteiger partial charge in [-0.2, -0.15) is 4.99 Å². The van der Waals surface area contributed by atoms with Gasteiger partial charge in [0.1, 0.15) is 12.2 Å². The Kier molecular flexibility index (Phi) is 3.46. The van der Waals surface area contributed by atoms with E-state index in [1.807, 2.05) is 60.7 Å². The smallest absolute Gasteiger partial charge is 0.256 e. The van der Waals surface area contributed by atoms with Crippen molar-refractivity contribution in [2.45, 2.75) is 12.7 Å². The summed E-state index contributed by atoms with van der Waals surface area (Å²) in [5.74, 6) is 0.735. The molecule has 2 aromatic carbocycles. The Morgan fingerprint density at radius 1 is 1.00 bits per heavy atom. The molecule has 1 aliphatic heterocycles. The molecule has 1 aliphatic rings. The highest BCUT2D eigenvalue weighted by Gasteiger charge is 2.25. The van der Waals surface area contributed by atoms with Gasteiger partial charge in [0.15, 0.2) is 0 Å². The van der Waals surface area contributed by atoms with Crippen LogP contribution >= 0.6 is 0 Å². The van der Waals surface area contributed by atoms with Crippen LogP contribution in [-0.4, -0.2) is 18.1 Å². The number of ether oxygens (including phenoxy) is 2. The molecule has 4 nitrogen and oxygen atoms in total. The van der Waals surface area contributed by atoms with Crippen molar-refractivity contribution in [3.8, 4) is 5.75 Å². The van der Waals surface area contributed by atoms with Crippen LogP contribution in [0.4, 0.5) is 0 Å².